The van der Waals surface area contributed by atoms with Crippen LogP contribution in [0.25, 0.3) is 0 Å². The molecule has 1 aromatic rings. The standard InChI is InChI=1S/C18H24Cl2N2O3/c1-11(2)17(21-12(3)23)18(24)22-8-6-13(7-9-22)25-14-4-5-15(19)16(20)10-14/h4-5,10-11,13,17H,6-9H2,1-3H3,(H,21,23). The van der Waals surface area contributed by atoms with E-state index < -0.39 is 6.04 Å². The van der Waals surface area contributed by atoms with Gasteiger partial charge in [0, 0.05) is 38.9 Å². The molecule has 0 bridgehead atoms. The summed E-state index contributed by atoms with van der Waals surface area (Å²) in [5.74, 6) is 0.502. The minimum Gasteiger partial charge on any atom is -0.490 e. The lowest BCUT2D eigenvalue weighted by Gasteiger charge is -2.35. The van der Waals surface area contributed by atoms with Gasteiger partial charge in [-0.3, -0.25) is 9.59 Å². The number of piperidine rings is 1. The minimum absolute atomic E-state index is 0.0274. The van der Waals surface area contributed by atoms with Crippen LogP contribution in [0, 0.1) is 5.92 Å². The Bertz CT molecular complexity index is 629. The van der Waals surface area contributed by atoms with Crippen LogP contribution >= 0.6 is 23.2 Å². The van der Waals surface area contributed by atoms with E-state index in [0.717, 1.165) is 12.8 Å². The summed E-state index contributed by atoms with van der Waals surface area (Å²) in [6.45, 7) is 6.50. The third kappa shape index (κ3) is 5.51. The molecule has 7 heteroatoms. The topological polar surface area (TPSA) is 58.6 Å². The van der Waals surface area contributed by atoms with Crippen molar-refractivity contribution >= 4 is 35.0 Å². The smallest absolute Gasteiger partial charge is 0.245 e. The van der Waals surface area contributed by atoms with Crippen molar-refractivity contribution in [1.82, 2.24) is 10.2 Å². The van der Waals surface area contributed by atoms with E-state index in [4.69, 9.17) is 27.9 Å². The Morgan fingerprint density at radius 2 is 1.84 bits per heavy atom. The quantitative estimate of drug-likeness (QED) is 0.841. The number of halogens is 2. The number of rotatable bonds is 5. The predicted molar refractivity (Wildman–Crippen MR) is 99.1 cm³/mol. The minimum atomic E-state index is -0.481. The first kappa shape index (κ1) is 19.9. The summed E-state index contributed by atoms with van der Waals surface area (Å²) in [5.41, 5.74) is 0. The lowest BCUT2D eigenvalue weighted by atomic mass is 10.0. The molecule has 2 rings (SSSR count). The normalized spacial score (nSPS) is 16.6. The van der Waals surface area contributed by atoms with Gasteiger partial charge in [-0.2, -0.15) is 0 Å². The molecule has 0 saturated carbocycles. The summed E-state index contributed by atoms with van der Waals surface area (Å²) < 4.78 is 5.94. The van der Waals surface area contributed by atoms with Crippen LogP contribution in [0.5, 0.6) is 5.75 Å². The van der Waals surface area contributed by atoms with Crippen LogP contribution in [-0.2, 0) is 9.59 Å². The number of hydrogen-bond acceptors (Lipinski definition) is 3. The number of carbonyl (C=O) groups excluding carboxylic acids is 2. The maximum absolute atomic E-state index is 12.7. The van der Waals surface area contributed by atoms with Crippen LogP contribution in [0.15, 0.2) is 18.2 Å². The second-order valence-electron chi connectivity index (χ2n) is 6.64. The van der Waals surface area contributed by atoms with Gasteiger partial charge < -0.3 is 15.0 Å². The Kier molecular flexibility index (Phi) is 6.96. The summed E-state index contributed by atoms with van der Waals surface area (Å²) in [5, 5.41) is 3.70. The van der Waals surface area contributed by atoms with Crippen LogP contribution in [0.2, 0.25) is 10.0 Å². The molecule has 1 N–H and O–H groups in total. The van der Waals surface area contributed by atoms with Crippen molar-refractivity contribution in [3.05, 3.63) is 28.2 Å². The lowest BCUT2D eigenvalue weighted by Crippen LogP contribution is -2.53. The van der Waals surface area contributed by atoms with Crippen molar-refractivity contribution < 1.29 is 14.3 Å². The van der Waals surface area contributed by atoms with Gasteiger partial charge in [0.2, 0.25) is 11.8 Å². The first-order chi connectivity index (χ1) is 11.8. The SMILES string of the molecule is CC(=O)NC(C(=O)N1CCC(Oc2ccc(Cl)c(Cl)c2)CC1)C(C)C. The first-order valence-corrected chi connectivity index (χ1v) is 9.21. The molecule has 1 atom stereocenters. The van der Waals surface area contributed by atoms with Crippen molar-refractivity contribution in [2.75, 3.05) is 13.1 Å². The van der Waals surface area contributed by atoms with Crippen LogP contribution < -0.4 is 10.1 Å². The Labute approximate surface area is 158 Å². The van der Waals surface area contributed by atoms with Crippen LogP contribution in [0.4, 0.5) is 0 Å². The van der Waals surface area contributed by atoms with Crippen LogP contribution in [0.3, 0.4) is 0 Å². The highest BCUT2D eigenvalue weighted by Crippen LogP contribution is 2.28. The number of nitrogens with one attached hydrogen (secondary N) is 1. The fourth-order valence-corrected chi connectivity index (χ4v) is 3.15. The number of benzene rings is 1. The number of ether oxygens (including phenoxy) is 1. The highest BCUT2D eigenvalue weighted by molar-refractivity contribution is 6.42. The van der Waals surface area contributed by atoms with Crippen LogP contribution in [0.1, 0.15) is 33.6 Å². The summed E-state index contributed by atoms with van der Waals surface area (Å²) in [6, 6.07) is 4.72. The highest BCUT2D eigenvalue weighted by atomic mass is 35.5. The average Bonchev–Trinajstić information content (AvgIpc) is 2.56. The van der Waals surface area contributed by atoms with Crippen molar-refractivity contribution in [3.8, 4) is 5.75 Å². The molecule has 1 heterocycles. The van der Waals surface area contributed by atoms with Gasteiger partial charge in [-0.1, -0.05) is 37.0 Å². The van der Waals surface area contributed by atoms with Gasteiger partial charge in [0.05, 0.1) is 10.0 Å². The molecule has 0 radical (unpaired) electrons. The molecule has 1 aliphatic heterocycles. The van der Waals surface area contributed by atoms with Crippen LogP contribution in [-0.4, -0.2) is 41.9 Å². The number of nitrogens with zero attached hydrogens (tertiary/aromatic N) is 1. The number of hydrogen-bond donors (Lipinski definition) is 1. The number of carbonyl (C=O) groups is 2. The Morgan fingerprint density at radius 1 is 1.20 bits per heavy atom. The summed E-state index contributed by atoms with van der Waals surface area (Å²) >= 11 is 11.9. The largest absolute Gasteiger partial charge is 0.490 e. The third-order valence-corrected chi connectivity index (χ3v) is 4.98. The monoisotopic (exact) mass is 386 g/mol. The molecule has 0 spiro atoms. The summed E-state index contributed by atoms with van der Waals surface area (Å²) in [7, 11) is 0. The second kappa shape index (κ2) is 8.77. The zero-order valence-corrected chi connectivity index (χ0v) is 16.2. The van der Waals surface area contributed by atoms with Gasteiger partial charge in [0.1, 0.15) is 17.9 Å². The van der Waals surface area contributed by atoms with Gasteiger partial charge in [0.25, 0.3) is 0 Å². The Balaban J connectivity index is 1.90. The molecule has 1 unspecified atom stereocenters. The molecule has 138 valence electrons. The zero-order chi connectivity index (χ0) is 18.6. The molecule has 1 aromatic carbocycles. The van der Waals surface area contributed by atoms with Gasteiger partial charge in [0.15, 0.2) is 0 Å². The molecule has 5 nitrogen and oxygen atoms in total. The molecule has 2 amide bonds. The van der Waals surface area contributed by atoms with E-state index >= 15 is 0 Å². The lowest BCUT2D eigenvalue weighted by molar-refractivity contribution is -0.138. The molecule has 1 saturated heterocycles. The first-order valence-electron chi connectivity index (χ1n) is 8.45. The Hall–Kier alpha value is -1.46. The van der Waals surface area contributed by atoms with Gasteiger partial charge in [-0.15, -0.1) is 0 Å². The van der Waals surface area contributed by atoms with Crippen molar-refractivity contribution in [2.24, 2.45) is 5.92 Å². The average molecular weight is 387 g/mol. The van der Waals surface area contributed by atoms with E-state index in [1.165, 1.54) is 6.92 Å². The maximum atomic E-state index is 12.7. The molecule has 1 fully saturated rings. The highest BCUT2D eigenvalue weighted by Gasteiger charge is 2.31. The summed E-state index contributed by atoms with van der Waals surface area (Å²) in [4.78, 5) is 25.8. The van der Waals surface area contributed by atoms with Gasteiger partial charge >= 0.3 is 0 Å². The second-order valence-corrected chi connectivity index (χ2v) is 7.46. The fourth-order valence-electron chi connectivity index (χ4n) is 2.87. The fraction of sp³-hybridized carbons (Fsp3) is 0.556. The van der Waals surface area contributed by atoms with E-state index in [0.29, 0.717) is 28.9 Å². The molecule has 0 aromatic heterocycles. The molecule has 1 aliphatic rings. The summed E-state index contributed by atoms with van der Waals surface area (Å²) in [6.07, 6.45) is 1.49. The molecule has 25 heavy (non-hydrogen) atoms. The predicted octanol–water partition coefficient (Wildman–Crippen LogP) is 3.52. The van der Waals surface area contributed by atoms with E-state index in [2.05, 4.69) is 5.32 Å². The third-order valence-electron chi connectivity index (χ3n) is 4.24. The molecular formula is C18H24Cl2N2O3. The van der Waals surface area contributed by atoms with Crippen molar-refractivity contribution in [3.63, 3.8) is 0 Å². The van der Waals surface area contributed by atoms with E-state index in [-0.39, 0.29) is 23.8 Å². The van der Waals surface area contributed by atoms with Gasteiger partial charge in [-0.05, 0) is 18.1 Å². The Morgan fingerprint density at radius 3 is 2.36 bits per heavy atom. The van der Waals surface area contributed by atoms with Crippen molar-refractivity contribution in [2.45, 2.75) is 45.8 Å². The maximum Gasteiger partial charge on any atom is 0.245 e. The van der Waals surface area contributed by atoms with E-state index in [1.807, 2.05) is 13.8 Å². The number of amides is 2. The number of likely N-dealkylation sites (tertiary alicyclic amines) is 1. The molecule has 0 aliphatic carbocycles. The van der Waals surface area contributed by atoms with E-state index in [9.17, 15) is 9.59 Å². The van der Waals surface area contributed by atoms with Gasteiger partial charge in [-0.25, -0.2) is 0 Å². The zero-order valence-electron chi connectivity index (χ0n) is 14.7. The van der Waals surface area contributed by atoms with E-state index in [1.54, 1.807) is 23.1 Å². The molecular weight excluding hydrogens is 363 g/mol. The van der Waals surface area contributed by atoms with Crippen molar-refractivity contribution in [1.29, 1.82) is 0 Å².